The lowest BCUT2D eigenvalue weighted by Gasteiger charge is -2.34. The van der Waals surface area contributed by atoms with Crippen molar-refractivity contribution in [3.63, 3.8) is 0 Å². The highest BCUT2D eigenvalue weighted by molar-refractivity contribution is 5.99. The first-order chi connectivity index (χ1) is 39.5. The van der Waals surface area contributed by atoms with Gasteiger partial charge in [-0.2, -0.15) is 0 Å². The number of carboxylic acids is 1. The number of rotatable bonds is 41. The highest BCUT2D eigenvalue weighted by Crippen LogP contribution is 2.24. The highest BCUT2D eigenvalue weighted by atomic mass is 16.4. The van der Waals surface area contributed by atoms with E-state index in [2.05, 4.69) is 48.8 Å². The van der Waals surface area contributed by atoms with E-state index >= 15 is 0 Å². The maximum Gasteiger partial charge on any atom is 0.321 e. The fraction of sp³-hybridized carbons (Fsp3) is 0.789. The number of likely N-dealkylation sites (tertiary alicyclic amines) is 1. The van der Waals surface area contributed by atoms with Crippen LogP contribution in [0.5, 0.6) is 0 Å². The molecule has 1 aromatic heterocycles. The Morgan fingerprint density at radius 1 is 0.735 bits per heavy atom. The largest absolute Gasteiger partial charge is 0.480 e. The van der Waals surface area contributed by atoms with Crippen LogP contribution < -0.4 is 60.6 Å². The molecule has 2 fully saturated rings. The van der Waals surface area contributed by atoms with Crippen LogP contribution in [0.2, 0.25) is 0 Å². The summed E-state index contributed by atoms with van der Waals surface area (Å²) in [5.74, 6) is -8.67. The number of aromatic amines is 1. The number of hydrogen-bond donors (Lipinski definition) is 15. The second kappa shape index (κ2) is 39.7. The molecule has 0 bridgehead atoms. The van der Waals surface area contributed by atoms with Crippen LogP contribution in [0.25, 0.3) is 0 Å². The number of imidazole rings is 1. The van der Waals surface area contributed by atoms with Gasteiger partial charge in [0.2, 0.25) is 47.3 Å². The van der Waals surface area contributed by atoms with Crippen LogP contribution in [-0.2, 0) is 49.6 Å². The molecule has 3 rings (SSSR count). The number of nitrogens with one attached hydrogen (secondary N) is 7. The topological polar surface area (TPSA) is 449 Å². The number of aliphatic hydroxyl groups excluding tert-OH is 2. The van der Waals surface area contributed by atoms with Gasteiger partial charge in [0.25, 0.3) is 0 Å². The summed E-state index contributed by atoms with van der Waals surface area (Å²) in [6.07, 6.45) is 22.3. The Morgan fingerprint density at radius 3 is 1.84 bits per heavy atom. The SMILES string of the molecule is CC(N)CCCCCCCC(N)CCCCCCCC(N)CCCCCCCC(O)CCNC(=O)CC(O)C1CCCN1C(=O)C1NC(=O)C(CC(N)=O)NC(=O)C(NC(=O)[C@H](Cc2cnc[nH]2)NC(=O)CC(N)C(=O)O)CC(=O)NC1C. The molecular formula is C57H102N14O12. The first-order valence-electron chi connectivity index (χ1n) is 30.5. The van der Waals surface area contributed by atoms with E-state index in [-0.39, 0.29) is 32.0 Å². The van der Waals surface area contributed by atoms with Gasteiger partial charge < -0.3 is 85.8 Å². The number of H-pyrrole nitrogens is 1. The second-order valence-corrected chi connectivity index (χ2v) is 23.2. The van der Waals surface area contributed by atoms with Crippen molar-refractivity contribution in [1.29, 1.82) is 0 Å². The van der Waals surface area contributed by atoms with Gasteiger partial charge in [0.15, 0.2) is 0 Å². The monoisotopic (exact) mass is 1170 g/mol. The fourth-order valence-corrected chi connectivity index (χ4v) is 10.7. The molecule has 0 radical (unpaired) electrons. The molecule has 0 spiro atoms. The highest BCUT2D eigenvalue weighted by Gasteiger charge is 2.42. The summed E-state index contributed by atoms with van der Waals surface area (Å²) in [6, 6.07) is -9.25. The van der Waals surface area contributed by atoms with E-state index in [0.29, 0.717) is 43.5 Å². The van der Waals surface area contributed by atoms with E-state index < -0.39 is 127 Å². The van der Waals surface area contributed by atoms with Crippen molar-refractivity contribution in [3.8, 4) is 0 Å². The fourth-order valence-electron chi connectivity index (χ4n) is 10.7. The standard InChI is InChI=1S/C57H102N14O12/c1-36(58)19-12-6-3-7-13-20-38(59)21-14-8-4-9-15-22-39(60)23-16-10-5-11-17-24-41(72)26-27-64-49(75)33-47(73)46-25-18-28-71(46)56(81)52-37(2)66-51(77)32-45(54(79)68-44(31-48(62)74)55(80)70-52)69-53(78)43(29-40-34-63-35-65-40)67-50(76)30-42(61)57(82)83/h34-39,41-47,52,72-73H,3-33,58-61H2,1-2H3,(H2,62,74)(H,63,65)(H,64,75)(H,66,77)(H,67,76)(H,68,79)(H,69,78)(H,70,80)(H,82,83)/t36?,37?,38?,39?,41?,42?,43-,44?,45?,46?,47?,52?/m0/s1. The van der Waals surface area contributed by atoms with Gasteiger partial charge in [-0.1, -0.05) is 96.3 Å². The first-order valence-corrected chi connectivity index (χ1v) is 30.5. The van der Waals surface area contributed by atoms with Gasteiger partial charge in [-0.3, -0.25) is 43.2 Å². The maximum absolute atomic E-state index is 14.4. The minimum Gasteiger partial charge on any atom is -0.480 e. The molecule has 1 aromatic rings. The molecule has 0 aromatic carbocycles. The average Bonchev–Trinajstić information content (AvgIpc) is 4.36. The van der Waals surface area contributed by atoms with Crippen LogP contribution in [-0.4, -0.2) is 169 Å². The van der Waals surface area contributed by atoms with Gasteiger partial charge in [0.05, 0.1) is 56.3 Å². The lowest BCUT2D eigenvalue weighted by atomic mass is 9.99. The zero-order chi connectivity index (χ0) is 61.3. The minimum absolute atomic E-state index is 0.122. The van der Waals surface area contributed by atoms with Gasteiger partial charge in [0.1, 0.15) is 30.2 Å². The van der Waals surface area contributed by atoms with Gasteiger partial charge in [-0.15, -0.1) is 0 Å². The van der Waals surface area contributed by atoms with Crippen molar-refractivity contribution in [1.82, 2.24) is 46.8 Å². The Kier molecular flexibility index (Phi) is 34.2. The molecule has 26 heteroatoms. The molecular weight excluding hydrogens is 1070 g/mol. The zero-order valence-electron chi connectivity index (χ0n) is 49.3. The maximum atomic E-state index is 14.4. The van der Waals surface area contributed by atoms with Crippen molar-refractivity contribution >= 4 is 53.2 Å². The third-order valence-electron chi connectivity index (χ3n) is 15.6. The van der Waals surface area contributed by atoms with E-state index in [9.17, 15) is 58.5 Å². The van der Waals surface area contributed by atoms with Crippen LogP contribution in [0.4, 0.5) is 0 Å². The van der Waals surface area contributed by atoms with E-state index in [4.69, 9.17) is 28.7 Å². The van der Waals surface area contributed by atoms with E-state index in [0.717, 1.165) is 70.6 Å². The Balaban J connectivity index is 1.40. The number of amides is 8. The average molecular weight is 1180 g/mol. The number of primary amides is 1. The molecule has 3 heterocycles. The smallest absolute Gasteiger partial charge is 0.321 e. The van der Waals surface area contributed by atoms with Crippen LogP contribution in [0, 0.1) is 0 Å². The number of aliphatic carboxylic acids is 1. The predicted octanol–water partition coefficient (Wildman–Crippen LogP) is 0.280. The summed E-state index contributed by atoms with van der Waals surface area (Å²) in [4.78, 5) is 127. The summed E-state index contributed by atoms with van der Waals surface area (Å²) >= 11 is 0. The third kappa shape index (κ3) is 29.5. The number of carboxylic acid groups (broad SMARTS) is 1. The van der Waals surface area contributed by atoms with E-state index in [1.165, 1.54) is 82.1 Å². The van der Waals surface area contributed by atoms with Crippen LogP contribution >= 0.6 is 0 Å². The van der Waals surface area contributed by atoms with Crippen LogP contribution in [0.3, 0.4) is 0 Å². The molecule has 0 aliphatic carbocycles. The van der Waals surface area contributed by atoms with Crippen molar-refractivity contribution in [3.05, 3.63) is 18.2 Å². The summed E-state index contributed by atoms with van der Waals surface area (Å²) in [5.41, 5.74) is 29.9. The number of nitrogens with zero attached hydrogens (tertiary/aromatic N) is 2. The first kappa shape index (κ1) is 71.5. The predicted molar refractivity (Wildman–Crippen MR) is 312 cm³/mol. The molecule has 12 atom stereocenters. The Labute approximate surface area is 489 Å². The number of unbranched alkanes of at least 4 members (excludes halogenated alkanes) is 12. The molecule has 2 aliphatic heterocycles. The van der Waals surface area contributed by atoms with Gasteiger partial charge in [0, 0.05) is 49.5 Å². The number of aliphatic hydroxyl groups is 2. The Hall–Kier alpha value is -5.80. The number of aromatic nitrogens is 2. The normalized spacial score (nSPS) is 21.2. The van der Waals surface area contributed by atoms with Crippen LogP contribution in [0.15, 0.2) is 12.5 Å². The van der Waals surface area contributed by atoms with E-state index in [1.807, 2.05) is 0 Å². The van der Waals surface area contributed by atoms with E-state index in [1.54, 1.807) is 0 Å². The third-order valence-corrected chi connectivity index (χ3v) is 15.6. The summed E-state index contributed by atoms with van der Waals surface area (Å²) < 4.78 is 0. The molecule has 472 valence electrons. The molecule has 2 saturated heterocycles. The number of carbonyl (C=O) groups excluding carboxylic acids is 8. The molecule has 8 amide bonds. The van der Waals surface area contributed by atoms with Gasteiger partial charge in [-0.25, -0.2) is 4.98 Å². The molecule has 26 nitrogen and oxygen atoms in total. The minimum atomic E-state index is -1.74. The number of hydrogen-bond acceptors (Lipinski definition) is 16. The van der Waals surface area contributed by atoms with Gasteiger partial charge in [-0.05, 0) is 71.6 Å². The summed E-state index contributed by atoms with van der Waals surface area (Å²) in [5, 5.41) is 46.1. The van der Waals surface area contributed by atoms with Crippen molar-refractivity contribution in [2.24, 2.45) is 28.7 Å². The number of nitrogens with two attached hydrogens (primary N) is 5. The quantitative estimate of drug-likeness (QED) is 0.0392. The molecule has 2 aliphatic rings. The molecule has 0 saturated carbocycles. The Bertz CT molecular complexity index is 2140. The lowest BCUT2D eigenvalue weighted by Crippen LogP contribution is -2.62. The van der Waals surface area contributed by atoms with Crippen molar-refractivity contribution in [2.75, 3.05) is 13.1 Å². The van der Waals surface area contributed by atoms with Gasteiger partial charge >= 0.3 is 5.97 Å². The summed E-state index contributed by atoms with van der Waals surface area (Å²) in [6.45, 7) is 3.77. The lowest BCUT2D eigenvalue weighted by molar-refractivity contribution is -0.141. The number of carbonyl (C=O) groups is 9. The molecule has 20 N–H and O–H groups in total. The molecule has 83 heavy (non-hydrogen) atoms. The molecule has 11 unspecified atom stereocenters. The zero-order valence-corrected chi connectivity index (χ0v) is 49.3. The summed E-state index contributed by atoms with van der Waals surface area (Å²) in [7, 11) is 0. The Morgan fingerprint density at radius 2 is 1.30 bits per heavy atom. The van der Waals surface area contributed by atoms with Crippen molar-refractivity contribution < 1.29 is 58.5 Å². The van der Waals surface area contributed by atoms with Crippen LogP contribution in [0.1, 0.15) is 199 Å². The van der Waals surface area contributed by atoms with Crippen molar-refractivity contribution in [2.45, 2.75) is 273 Å². The second-order valence-electron chi connectivity index (χ2n) is 23.2.